The molecule has 112 valence electrons. The van der Waals surface area contributed by atoms with Crippen molar-refractivity contribution in [1.82, 2.24) is 5.32 Å². The first-order valence-electron chi connectivity index (χ1n) is 6.07. The van der Waals surface area contributed by atoms with Gasteiger partial charge in [-0.2, -0.15) is 18.4 Å². The molecular formula is C13H11F3N2O3. The Kier molecular flexibility index (Phi) is 3.93. The molecule has 1 aromatic rings. The second kappa shape index (κ2) is 5.52. The number of carboxylic acid groups (broad SMARTS) is 1. The van der Waals surface area contributed by atoms with Gasteiger partial charge < -0.3 is 15.2 Å². The minimum Gasteiger partial charge on any atom is -0.490 e. The topological polar surface area (TPSA) is 82.3 Å². The van der Waals surface area contributed by atoms with E-state index in [1.807, 2.05) is 0 Å². The third-order valence-corrected chi connectivity index (χ3v) is 3.14. The highest BCUT2D eigenvalue weighted by Gasteiger charge is 2.35. The fourth-order valence-electron chi connectivity index (χ4n) is 2.08. The maximum absolute atomic E-state index is 12.6. The van der Waals surface area contributed by atoms with Crippen LogP contribution in [0.25, 0.3) is 0 Å². The van der Waals surface area contributed by atoms with Crippen LogP contribution in [0.4, 0.5) is 18.0 Å². The van der Waals surface area contributed by atoms with Crippen LogP contribution in [-0.2, 0) is 6.18 Å². The van der Waals surface area contributed by atoms with Crippen LogP contribution in [-0.4, -0.2) is 23.3 Å². The van der Waals surface area contributed by atoms with Gasteiger partial charge in [0.2, 0.25) is 0 Å². The van der Waals surface area contributed by atoms with Gasteiger partial charge in [-0.05, 0) is 18.2 Å². The molecule has 1 saturated carbocycles. The molecule has 0 aliphatic heterocycles. The molecule has 2 rings (SSSR count). The number of hydrogen-bond acceptors (Lipinski definition) is 3. The molecule has 0 spiro atoms. The van der Waals surface area contributed by atoms with Crippen molar-refractivity contribution in [2.75, 3.05) is 0 Å². The largest absolute Gasteiger partial charge is 0.490 e. The molecule has 2 N–H and O–H groups in total. The van der Waals surface area contributed by atoms with Crippen molar-refractivity contribution in [2.45, 2.75) is 31.2 Å². The van der Waals surface area contributed by atoms with Crippen molar-refractivity contribution in [3.8, 4) is 11.8 Å². The zero-order valence-corrected chi connectivity index (χ0v) is 10.6. The number of nitrogens with one attached hydrogen (secondary N) is 1. The number of carbonyl (C=O) groups is 1. The maximum Gasteiger partial charge on any atom is 0.417 e. The molecule has 1 aliphatic rings. The van der Waals surface area contributed by atoms with Crippen molar-refractivity contribution in [2.24, 2.45) is 0 Å². The molecule has 0 bridgehead atoms. The van der Waals surface area contributed by atoms with E-state index in [-0.39, 0.29) is 17.9 Å². The summed E-state index contributed by atoms with van der Waals surface area (Å²) in [4.78, 5) is 10.4. The summed E-state index contributed by atoms with van der Waals surface area (Å²) in [7, 11) is 0. The Morgan fingerprint density at radius 1 is 1.43 bits per heavy atom. The van der Waals surface area contributed by atoms with Gasteiger partial charge in [0.15, 0.2) is 0 Å². The van der Waals surface area contributed by atoms with Crippen LogP contribution >= 0.6 is 0 Å². The molecule has 1 fully saturated rings. The van der Waals surface area contributed by atoms with Gasteiger partial charge in [-0.3, -0.25) is 0 Å². The molecule has 0 heterocycles. The van der Waals surface area contributed by atoms with Gasteiger partial charge in [0.05, 0.1) is 17.2 Å². The zero-order valence-electron chi connectivity index (χ0n) is 10.6. The molecule has 1 amide bonds. The number of ether oxygens (including phenoxy) is 1. The van der Waals surface area contributed by atoms with Crippen molar-refractivity contribution in [1.29, 1.82) is 5.26 Å². The van der Waals surface area contributed by atoms with E-state index in [0.717, 1.165) is 18.2 Å². The van der Waals surface area contributed by atoms with E-state index in [1.165, 1.54) is 6.07 Å². The van der Waals surface area contributed by atoms with Gasteiger partial charge in [0, 0.05) is 18.9 Å². The van der Waals surface area contributed by atoms with E-state index in [0.29, 0.717) is 12.8 Å². The SMILES string of the molecule is N#Cc1cc(O[C@H]2C[C@H](NC(=O)O)C2)ccc1C(F)(F)F. The molecule has 0 saturated heterocycles. The summed E-state index contributed by atoms with van der Waals surface area (Å²) in [5, 5.41) is 19.6. The summed E-state index contributed by atoms with van der Waals surface area (Å²) in [6.07, 6.45) is -5.11. The van der Waals surface area contributed by atoms with Crippen LogP contribution in [0.5, 0.6) is 5.75 Å². The Morgan fingerprint density at radius 2 is 2.10 bits per heavy atom. The van der Waals surface area contributed by atoms with E-state index in [9.17, 15) is 18.0 Å². The monoisotopic (exact) mass is 300 g/mol. The Morgan fingerprint density at radius 3 is 2.62 bits per heavy atom. The highest BCUT2D eigenvalue weighted by Crippen LogP contribution is 2.34. The van der Waals surface area contributed by atoms with Crippen molar-refractivity contribution >= 4 is 6.09 Å². The van der Waals surface area contributed by atoms with Crippen molar-refractivity contribution in [3.63, 3.8) is 0 Å². The molecule has 1 aromatic carbocycles. The third kappa shape index (κ3) is 3.56. The van der Waals surface area contributed by atoms with Crippen LogP contribution in [0.15, 0.2) is 18.2 Å². The quantitative estimate of drug-likeness (QED) is 0.899. The average Bonchev–Trinajstić information content (AvgIpc) is 2.34. The van der Waals surface area contributed by atoms with Gasteiger partial charge in [-0.15, -0.1) is 0 Å². The second-order valence-electron chi connectivity index (χ2n) is 4.67. The molecule has 1 aliphatic carbocycles. The summed E-state index contributed by atoms with van der Waals surface area (Å²) in [5.74, 6) is 0.165. The average molecular weight is 300 g/mol. The van der Waals surface area contributed by atoms with Crippen LogP contribution in [0, 0.1) is 11.3 Å². The number of rotatable bonds is 3. The number of nitriles is 1. The van der Waals surface area contributed by atoms with Gasteiger partial charge >= 0.3 is 12.3 Å². The normalized spacial score (nSPS) is 21.0. The first-order chi connectivity index (χ1) is 9.79. The summed E-state index contributed by atoms with van der Waals surface area (Å²) in [5.41, 5.74) is -1.50. The van der Waals surface area contributed by atoms with Crippen LogP contribution in [0.1, 0.15) is 24.0 Å². The second-order valence-corrected chi connectivity index (χ2v) is 4.67. The lowest BCUT2D eigenvalue weighted by Gasteiger charge is -2.35. The van der Waals surface area contributed by atoms with Gasteiger partial charge in [0.1, 0.15) is 11.9 Å². The van der Waals surface area contributed by atoms with Crippen molar-refractivity contribution < 1.29 is 27.8 Å². The summed E-state index contributed by atoms with van der Waals surface area (Å²) in [6.45, 7) is 0. The van der Waals surface area contributed by atoms with Crippen LogP contribution in [0.3, 0.4) is 0 Å². The summed E-state index contributed by atoms with van der Waals surface area (Å²) in [6, 6.07) is 4.29. The minimum atomic E-state index is -4.59. The number of benzene rings is 1. The van der Waals surface area contributed by atoms with E-state index < -0.39 is 23.4 Å². The summed E-state index contributed by atoms with van der Waals surface area (Å²) < 4.78 is 43.3. The van der Waals surface area contributed by atoms with Crippen LogP contribution < -0.4 is 10.1 Å². The first-order valence-corrected chi connectivity index (χ1v) is 6.07. The number of hydrogen-bond donors (Lipinski definition) is 2. The minimum absolute atomic E-state index is 0.165. The molecule has 21 heavy (non-hydrogen) atoms. The molecular weight excluding hydrogens is 289 g/mol. The highest BCUT2D eigenvalue weighted by atomic mass is 19.4. The third-order valence-electron chi connectivity index (χ3n) is 3.14. The Balaban J connectivity index is 2.00. The zero-order chi connectivity index (χ0) is 15.6. The lowest BCUT2D eigenvalue weighted by atomic mass is 9.89. The molecule has 0 aromatic heterocycles. The maximum atomic E-state index is 12.6. The molecule has 0 atom stereocenters. The lowest BCUT2D eigenvalue weighted by molar-refractivity contribution is -0.137. The van der Waals surface area contributed by atoms with E-state index in [4.69, 9.17) is 15.1 Å². The van der Waals surface area contributed by atoms with E-state index in [2.05, 4.69) is 5.32 Å². The Bertz CT molecular complexity index is 589. The fourth-order valence-corrected chi connectivity index (χ4v) is 2.08. The van der Waals surface area contributed by atoms with E-state index in [1.54, 1.807) is 0 Å². The standard InChI is InChI=1S/C13H11F3N2O3/c14-13(15,16)11-2-1-9(3-7(11)6-17)21-10-4-8(5-10)18-12(19)20/h1-3,8,10,18H,4-5H2,(H,19,20)/t8-,10-. The van der Waals surface area contributed by atoms with Gasteiger partial charge in [0.25, 0.3) is 0 Å². The lowest BCUT2D eigenvalue weighted by Crippen LogP contribution is -2.48. The number of halogens is 3. The predicted octanol–water partition coefficient (Wildman–Crippen LogP) is 2.75. The van der Waals surface area contributed by atoms with Crippen molar-refractivity contribution in [3.05, 3.63) is 29.3 Å². The Hall–Kier alpha value is -2.43. The number of alkyl halides is 3. The number of nitrogens with zero attached hydrogens (tertiary/aromatic N) is 1. The fraction of sp³-hybridized carbons (Fsp3) is 0.385. The smallest absolute Gasteiger partial charge is 0.417 e. The van der Waals surface area contributed by atoms with Gasteiger partial charge in [-0.25, -0.2) is 4.79 Å². The first kappa shape index (κ1) is 15.0. The van der Waals surface area contributed by atoms with E-state index >= 15 is 0 Å². The highest BCUT2D eigenvalue weighted by molar-refractivity contribution is 5.65. The predicted molar refractivity (Wildman–Crippen MR) is 64.8 cm³/mol. The summed E-state index contributed by atoms with van der Waals surface area (Å²) >= 11 is 0. The molecule has 0 radical (unpaired) electrons. The number of amides is 1. The van der Waals surface area contributed by atoms with Crippen LogP contribution in [0.2, 0.25) is 0 Å². The molecule has 0 unspecified atom stereocenters. The molecule has 8 heteroatoms. The Labute approximate surface area is 117 Å². The molecule has 5 nitrogen and oxygen atoms in total. The van der Waals surface area contributed by atoms with Gasteiger partial charge in [-0.1, -0.05) is 0 Å².